The van der Waals surface area contributed by atoms with Crippen LogP contribution in [0.4, 0.5) is 13.2 Å². The van der Waals surface area contributed by atoms with Crippen LogP contribution >= 0.6 is 11.6 Å². The minimum Gasteiger partial charge on any atom is -0.487 e. The van der Waals surface area contributed by atoms with Crippen molar-refractivity contribution in [3.05, 3.63) is 65.0 Å². The topological polar surface area (TPSA) is 9.23 Å². The van der Waals surface area contributed by atoms with Crippen LogP contribution < -0.4 is 4.74 Å². The summed E-state index contributed by atoms with van der Waals surface area (Å²) in [5.74, 6) is 3.37. The van der Waals surface area contributed by atoms with Crippen LogP contribution in [0.15, 0.2) is 36.4 Å². The number of alkyl halides is 1. The van der Waals surface area contributed by atoms with Crippen LogP contribution in [0.1, 0.15) is 11.1 Å². The summed E-state index contributed by atoms with van der Waals surface area (Å²) in [4.78, 5) is 0. The fourth-order valence-electron chi connectivity index (χ4n) is 1.64. The van der Waals surface area contributed by atoms with E-state index in [1.165, 1.54) is 24.3 Å². The first-order valence-corrected chi connectivity index (χ1v) is 6.54. The molecule has 0 spiro atoms. The second-order valence-corrected chi connectivity index (χ2v) is 4.38. The average molecular weight is 311 g/mol. The molecule has 0 aromatic heterocycles. The summed E-state index contributed by atoms with van der Waals surface area (Å²) in [6.07, 6.45) is 0. The van der Waals surface area contributed by atoms with E-state index in [4.69, 9.17) is 16.3 Å². The zero-order valence-electron chi connectivity index (χ0n) is 10.8. The highest BCUT2D eigenvalue weighted by molar-refractivity contribution is 6.19. The summed E-state index contributed by atoms with van der Waals surface area (Å²) in [6, 6.07) is 7.32. The monoisotopic (exact) mass is 310 g/mol. The van der Waals surface area contributed by atoms with Gasteiger partial charge in [-0.05, 0) is 29.8 Å². The molecule has 0 fully saturated rings. The molecule has 0 unspecified atom stereocenters. The lowest BCUT2D eigenvalue weighted by Gasteiger charge is -2.09. The van der Waals surface area contributed by atoms with Gasteiger partial charge in [0.2, 0.25) is 0 Å². The Kier molecular flexibility index (Phi) is 5.13. The van der Waals surface area contributed by atoms with Gasteiger partial charge in [0, 0.05) is 6.07 Å². The van der Waals surface area contributed by atoms with Gasteiger partial charge in [-0.1, -0.05) is 17.9 Å². The van der Waals surface area contributed by atoms with Crippen molar-refractivity contribution in [3.63, 3.8) is 0 Å². The zero-order chi connectivity index (χ0) is 15.2. The molecule has 0 aliphatic carbocycles. The van der Waals surface area contributed by atoms with Crippen molar-refractivity contribution in [2.75, 3.05) is 5.88 Å². The molecule has 0 radical (unpaired) electrons. The Morgan fingerprint density at radius 2 is 1.81 bits per heavy atom. The summed E-state index contributed by atoms with van der Waals surface area (Å²) in [6.45, 7) is -0.0315. The first-order chi connectivity index (χ1) is 10.1. The highest BCUT2D eigenvalue weighted by Crippen LogP contribution is 2.21. The molecule has 0 saturated carbocycles. The van der Waals surface area contributed by atoms with Gasteiger partial charge in [0.05, 0.1) is 11.4 Å². The highest BCUT2D eigenvalue weighted by atomic mass is 35.5. The van der Waals surface area contributed by atoms with Gasteiger partial charge >= 0.3 is 0 Å². The van der Waals surface area contributed by atoms with E-state index in [9.17, 15) is 13.2 Å². The Bertz CT molecular complexity index is 704. The second-order valence-electron chi connectivity index (χ2n) is 4.11. The molecule has 0 aliphatic heterocycles. The zero-order valence-corrected chi connectivity index (χ0v) is 11.6. The number of hydrogen-bond acceptors (Lipinski definition) is 1. The second kappa shape index (κ2) is 7.05. The Morgan fingerprint density at radius 1 is 1.00 bits per heavy atom. The SMILES string of the molecule is Fc1ccc(C#CCCl)c(OCc2ccc(F)c(F)c2)c1. The summed E-state index contributed by atoms with van der Waals surface area (Å²) in [5.41, 5.74) is 0.897. The molecule has 0 bridgehead atoms. The summed E-state index contributed by atoms with van der Waals surface area (Å²) >= 11 is 5.47. The molecular formula is C16H10ClF3O. The fourth-order valence-corrected chi connectivity index (χ4v) is 1.70. The summed E-state index contributed by atoms with van der Waals surface area (Å²) in [7, 11) is 0. The first kappa shape index (κ1) is 15.3. The number of ether oxygens (including phenoxy) is 1. The molecule has 2 rings (SSSR count). The lowest BCUT2D eigenvalue weighted by atomic mass is 10.2. The van der Waals surface area contributed by atoms with E-state index >= 15 is 0 Å². The molecule has 21 heavy (non-hydrogen) atoms. The van der Waals surface area contributed by atoms with Crippen LogP contribution in [0.3, 0.4) is 0 Å². The van der Waals surface area contributed by atoms with Crippen molar-refractivity contribution in [1.82, 2.24) is 0 Å². The molecule has 0 atom stereocenters. The predicted octanol–water partition coefficient (Wildman–Crippen LogP) is 4.27. The lowest BCUT2D eigenvalue weighted by molar-refractivity contribution is 0.302. The Morgan fingerprint density at radius 3 is 2.52 bits per heavy atom. The molecule has 108 valence electrons. The quantitative estimate of drug-likeness (QED) is 0.607. The minimum atomic E-state index is -0.961. The van der Waals surface area contributed by atoms with Crippen molar-refractivity contribution in [3.8, 4) is 17.6 Å². The standard InChI is InChI=1S/C16H10ClF3O/c17-7-1-2-12-4-5-13(18)9-16(12)21-10-11-3-6-14(19)15(20)8-11/h3-6,8-9H,7,10H2. The van der Waals surface area contributed by atoms with Crippen LogP contribution in [0.25, 0.3) is 0 Å². The van der Waals surface area contributed by atoms with Crippen molar-refractivity contribution in [1.29, 1.82) is 0 Å². The summed E-state index contributed by atoms with van der Waals surface area (Å²) in [5, 5.41) is 0. The molecular weight excluding hydrogens is 301 g/mol. The van der Waals surface area contributed by atoms with Gasteiger partial charge in [0.15, 0.2) is 11.6 Å². The van der Waals surface area contributed by atoms with Crippen LogP contribution in [-0.2, 0) is 6.61 Å². The number of hydrogen-bond donors (Lipinski definition) is 0. The third-order valence-corrected chi connectivity index (χ3v) is 2.75. The predicted molar refractivity (Wildman–Crippen MR) is 74.7 cm³/mol. The van der Waals surface area contributed by atoms with Crippen LogP contribution in [0.5, 0.6) is 5.75 Å². The van der Waals surface area contributed by atoms with Gasteiger partial charge in [-0.3, -0.25) is 0 Å². The molecule has 1 nitrogen and oxygen atoms in total. The average Bonchev–Trinajstić information content (AvgIpc) is 2.47. The highest BCUT2D eigenvalue weighted by Gasteiger charge is 2.06. The van der Waals surface area contributed by atoms with Gasteiger partial charge in [-0.15, -0.1) is 11.6 Å². The normalized spacial score (nSPS) is 9.90. The Balaban J connectivity index is 2.18. The molecule has 5 heteroatoms. The van der Waals surface area contributed by atoms with Crippen LogP contribution in [0.2, 0.25) is 0 Å². The smallest absolute Gasteiger partial charge is 0.159 e. The van der Waals surface area contributed by atoms with Crippen molar-refractivity contribution < 1.29 is 17.9 Å². The molecule has 2 aromatic rings. The maximum atomic E-state index is 13.2. The van der Waals surface area contributed by atoms with Gasteiger partial charge in [0.25, 0.3) is 0 Å². The molecule has 0 saturated heterocycles. The lowest BCUT2D eigenvalue weighted by Crippen LogP contribution is -1.99. The third kappa shape index (κ3) is 4.17. The molecule has 0 heterocycles. The molecule has 2 aromatic carbocycles. The Hall–Kier alpha value is -2.12. The van der Waals surface area contributed by atoms with Gasteiger partial charge in [-0.2, -0.15) is 0 Å². The van der Waals surface area contributed by atoms with E-state index in [0.717, 1.165) is 12.1 Å². The minimum absolute atomic E-state index is 0.0315. The maximum absolute atomic E-state index is 13.2. The molecule has 0 N–H and O–H groups in total. The maximum Gasteiger partial charge on any atom is 0.159 e. The Labute approximate surface area is 125 Å². The largest absolute Gasteiger partial charge is 0.487 e. The fraction of sp³-hybridized carbons (Fsp3) is 0.125. The van der Waals surface area contributed by atoms with Crippen molar-refractivity contribution in [2.24, 2.45) is 0 Å². The van der Waals surface area contributed by atoms with E-state index < -0.39 is 17.5 Å². The van der Waals surface area contributed by atoms with E-state index in [0.29, 0.717) is 11.1 Å². The third-order valence-electron chi connectivity index (χ3n) is 2.61. The molecule has 0 aliphatic rings. The number of benzene rings is 2. The number of rotatable bonds is 3. The van der Waals surface area contributed by atoms with Gasteiger partial charge < -0.3 is 4.74 Å². The van der Waals surface area contributed by atoms with Crippen LogP contribution in [0, 0.1) is 29.3 Å². The van der Waals surface area contributed by atoms with Gasteiger partial charge in [-0.25, -0.2) is 13.2 Å². The number of halogens is 4. The van der Waals surface area contributed by atoms with E-state index in [1.54, 1.807) is 0 Å². The van der Waals surface area contributed by atoms with Gasteiger partial charge in [0.1, 0.15) is 18.2 Å². The van der Waals surface area contributed by atoms with Crippen LogP contribution in [-0.4, -0.2) is 5.88 Å². The summed E-state index contributed by atoms with van der Waals surface area (Å²) < 4.78 is 44.6. The van der Waals surface area contributed by atoms with E-state index in [-0.39, 0.29) is 18.2 Å². The molecule has 0 amide bonds. The van der Waals surface area contributed by atoms with Crippen molar-refractivity contribution >= 4 is 11.6 Å². The van der Waals surface area contributed by atoms with E-state index in [1.807, 2.05) is 0 Å². The first-order valence-electron chi connectivity index (χ1n) is 6.01. The van der Waals surface area contributed by atoms with E-state index in [2.05, 4.69) is 11.8 Å². The van der Waals surface area contributed by atoms with Crippen molar-refractivity contribution in [2.45, 2.75) is 6.61 Å².